The minimum absolute atomic E-state index is 0.0250. The monoisotopic (exact) mass is 365 g/mol. The Balaban J connectivity index is 1.51. The number of aryl methyl sites for hydroxylation is 3. The van der Waals surface area contributed by atoms with Gasteiger partial charge >= 0.3 is 0 Å². The minimum atomic E-state index is -0.264. The van der Waals surface area contributed by atoms with E-state index in [-0.39, 0.29) is 17.7 Å². The SMILES string of the molecule is Cc1cc(C)c(CCNC(=O)[C@@H]2CC(=O)N(Cc3ccncc3)C2)c(C)c1. The zero-order chi connectivity index (χ0) is 19.4. The summed E-state index contributed by atoms with van der Waals surface area (Å²) in [6.45, 7) is 7.94. The van der Waals surface area contributed by atoms with Gasteiger partial charge in [0, 0.05) is 38.4 Å². The molecule has 1 aliphatic heterocycles. The zero-order valence-corrected chi connectivity index (χ0v) is 16.3. The number of aromatic nitrogens is 1. The van der Waals surface area contributed by atoms with Crippen molar-refractivity contribution in [2.45, 2.75) is 40.2 Å². The Morgan fingerprint density at radius 1 is 1.19 bits per heavy atom. The van der Waals surface area contributed by atoms with Crippen LogP contribution in [0, 0.1) is 26.7 Å². The van der Waals surface area contributed by atoms with Crippen LogP contribution in [0.4, 0.5) is 0 Å². The predicted molar refractivity (Wildman–Crippen MR) is 105 cm³/mol. The Morgan fingerprint density at radius 2 is 1.85 bits per heavy atom. The fourth-order valence-corrected chi connectivity index (χ4v) is 3.87. The highest BCUT2D eigenvalue weighted by molar-refractivity contribution is 5.89. The molecule has 2 heterocycles. The van der Waals surface area contributed by atoms with E-state index in [4.69, 9.17) is 0 Å². The number of nitrogens with zero attached hydrogens (tertiary/aromatic N) is 2. The number of hydrogen-bond donors (Lipinski definition) is 1. The molecule has 0 saturated carbocycles. The molecule has 1 atom stereocenters. The summed E-state index contributed by atoms with van der Waals surface area (Å²) in [4.78, 5) is 30.5. The Labute approximate surface area is 160 Å². The molecular formula is C22H27N3O2. The van der Waals surface area contributed by atoms with Crippen molar-refractivity contribution >= 4 is 11.8 Å². The Hall–Kier alpha value is -2.69. The quantitative estimate of drug-likeness (QED) is 0.856. The van der Waals surface area contributed by atoms with Gasteiger partial charge in [-0.05, 0) is 61.6 Å². The number of rotatable bonds is 6. The van der Waals surface area contributed by atoms with E-state index in [1.807, 2.05) is 12.1 Å². The second kappa shape index (κ2) is 8.33. The topological polar surface area (TPSA) is 62.3 Å². The number of hydrogen-bond acceptors (Lipinski definition) is 3. The summed E-state index contributed by atoms with van der Waals surface area (Å²) in [7, 11) is 0. The third kappa shape index (κ3) is 4.73. The predicted octanol–water partition coefficient (Wildman–Crippen LogP) is 2.71. The number of amides is 2. The van der Waals surface area contributed by atoms with Gasteiger partial charge in [-0.3, -0.25) is 14.6 Å². The van der Waals surface area contributed by atoms with E-state index in [0.717, 1.165) is 12.0 Å². The van der Waals surface area contributed by atoms with E-state index < -0.39 is 0 Å². The summed E-state index contributed by atoms with van der Waals surface area (Å²) in [5, 5.41) is 3.02. The van der Waals surface area contributed by atoms with Crippen molar-refractivity contribution in [3.8, 4) is 0 Å². The molecule has 5 nitrogen and oxygen atoms in total. The lowest BCUT2D eigenvalue weighted by Crippen LogP contribution is -2.34. The summed E-state index contributed by atoms with van der Waals surface area (Å²) >= 11 is 0. The molecule has 1 N–H and O–H groups in total. The van der Waals surface area contributed by atoms with Gasteiger partial charge in [-0.25, -0.2) is 0 Å². The van der Waals surface area contributed by atoms with Crippen molar-refractivity contribution < 1.29 is 9.59 Å². The molecule has 0 radical (unpaired) electrons. The second-order valence-electron chi connectivity index (χ2n) is 7.45. The van der Waals surface area contributed by atoms with E-state index in [1.54, 1.807) is 17.3 Å². The van der Waals surface area contributed by atoms with Crippen LogP contribution in [0.2, 0.25) is 0 Å². The highest BCUT2D eigenvalue weighted by Gasteiger charge is 2.34. The van der Waals surface area contributed by atoms with Crippen molar-refractivity contribution in [1.82, 2.24) is 15.2 Å². The molecule has 1 aliphatic rings. The molecule has 142 valence electrons. The smallest absolute Gasteiger partial charge is 0.225 e. The molecular weight excluding hydrogens is 338 g/mol. The average molecular weight is 365 g/mol. The molecule has 0 spiro atoms. The molecule has 5 heteroatoms. The van der Waals surface area contributed by atoms with Crippen LogP contribution in [-0.4, -0.2) is 34.8 Å². The normalized spacial score (nSPS) is 16.6. The Kier molecular flexibility index (Phi) is 5.89. The largest absolute Gasteiger partial charge is 0.355 e. The molecule has 1 aromatic heterocycles. The van der Waals surface area contributed by atoms with Gasteiger partial charge in [0.2, 0.25) is 11.8 Å². The molecule has 1 saturated heterocycles. The molecule has 1 fully saturated rings. The fraction of sp³-hybridized carbons (Fsp3) is 0.409. The third-order valence-electron chi connectivity index (χ3n) is 5.22. The van der Waals surface area contributed by atoms with Crippen molar-refractivity contribution in [2.24, 2.45) is 5.92 Å². The molecule has 0 aliphatic carbocycles. The van der Waals surface area contributed by atoms with E-state index in [9.17, 15) is 9.59 Å². The summed E-state index contributed by atoms with van der Waals surface area (Å²) in [6.07, 6.45) is 4.54. The van der Waals surface area contributed by atoms with Crippen molar-refractivity contribution in [3.63, 3.8) is 0 Å². The number of carbonyl (C=O) groups excluding carboxylic acids is 2. The lowest BCUT2D eigenvalue weighted by Gasteiger charge is -2.17. The van der Waals surface area contributed by atoms with Gasteiger partial charge < -0.3 is 10.2 Å². The van der Waals surface area contributed by atoms with Gasteiger partial charge in [-0.2, -0.15) is 0 Å². The highest BCUT2D eigenvalue weighted by Crippen LogP contribution is 2.21. The number of nitrogens with one attached hydrogen (secondary N) is 1. The van der Waals surface area contributed by atoms with E-state index in [0.29, 0.717) is 26.1 Å². The molecule has 2 amide bonds. The van der Waals surface area contributed by atoms with Gasteiger partial charge in [-0.15, -0.1) is 0 Å². The fourth-order valence-electron chi connectivity index (χ4n) is 3.87. The first-order valence-electron chi connectivity index (χ1n) is 9.45. The lowest BCUT2D eigenvalue weighted by atomic mass is 9.97. The molecule has 3 rings (SSSR count). The van der Waals surface area contributed by atoms with Gasteiger partial charge in [-0.1, -0.05) is 17.7 Å². The van der Waals surface area contributed by atoms with Crippen LogP contribution < -0.4 is 5.32 Å². The van der Waals surface area contributed by atoms with Crippen molar-refractivity contribution in [3.05, 3.63) is 64.5 Å². The molecule has 1 aromatic carbocycles. The first kappa shape index (κ1) is 19.1. The minimum Gasteiger partial charge on any atom is -0.355 e. The maximum Gasteiger partial charge on any atom is 0.225 e. The standard InChI is InChI=1S/C22H27N3O2/c1-15-10-16(2)20(17(3)11-15)6-9-24-22(27)19-12-21(26)25(14-19)13-18-4-7-23-8-5-18/h4-5,7-8,10-11,19H,6,9,12-14H2,1-3H3,(H,24,27)/t19-/m1/s1. The molecule has 27 heavy (non-hydrogen) atoms. The molecule has 0 unspecified atom stereocenters. The van der Waals surface area contributed by atoms with Gasteiger partial charge in [0.15, 0.2) is 0 Å². The van der Waals surface area contributed by atoms with Crippen molar-refractivity contribution in [1.29, 1.82) is 0 Å². The summed E-state index contributed by atoms with van der Waals surface area (Å²) in [5.41, 5.74) is 6.12. The third-order valence-corrected chi connectivity index (χ3v) is 5.22. The maximum absolute atomic E-state index is 12.5. The van der Waals surface area contributed by atoms with Crippen LogP contribution in [-0.2, 0) is 22.6 Å². The summed E-state index contributed by atoms with van der Waals surface area (Å²) in [5.74, 6) is -0.250. The van der Waals surface area contributed by atoms with E-state index in [1.165, 1.54) is 22.3 Å². The maximum atomic E-state index is 12.5. The highest BCUT2D eigenvalue weighted by atomic mass is 16.2. The van der Waals surface area contributed by atoms with E-state index >= 15 is 0 Å². The average Bonchev–Trinajstić information content (AvgIpc) is 2.98. The number of pyridine rings is 1. The van der Waals surface area contributed by atoms with Crippen molar-refractivity contribution in [2.75, 3.05) is 13.1 Å². The van der Waals surface area contributed by atoms with Crippen LogP contribution in [0.25, 0.3) is 0 Å². The van der Waals surface area contributed by atoms with Gasteiger partial charge in [0.05, 0.1) is 5.92 Å². The molecule has 2 aromatic rings. The number of likely N-dealkylation sites (tertiary alicyclic amines) is 1. The summed E-state index contributed by atoms with van der Waals surface area (Å²) in [6, 6.07) is 8.15. The summed E-state index contributed by atoms with van der Waals surface area (Å²) < 4.78 is 0. The number of carbonyl (C=O) groups is 2. The first-order valence-corrected chi connectivity index (χ1v) is 9.45. The zero-order valence-electron chi connectivity index (χ0n) is 16.3. The number of benzene rings is 1. The van der Waals surface area contributed by atoms with Crippen LogP contribution in [0.5, 0.6) is 0 Å². The lowest BCUT2D eigenvalue weighted by molar-refractivity contribution is -0.129. The van der Waals surface area contributed by atoms with Crippen LogP contribution in [0.3, 0.4) is 0 Å². The van der Waals surface area contributed by atoms with Gasteiger partial charge in [0.1, 0.15) is 0 Å². The van der Waals surface area contributed by atoms with E-state index in [2.05, 4.69) is 43.2 Å². The first-order chi connectivity index (χ1) is 12.9. The van der Waals surface area contributed by atoms with Gasteiger partial charge in [0.25, 0.3) is 0 Å². The second-order valence-corrected chi connectivity index (χ2v) is 7.45. The molecule has 0 bridgehead atoms. The Morgan fingerprint density at radius 3 is 2.52 bits per heavy atom. The van der Waals surface area contributed by atoms with Crippen LogP contribution >= 0.6 is 0 Å². The van der Waals surface area contributed by atoms with Crippen LogP contribution in [0.1, 0.15) is 34.2 Å². The Bertz CT molecular complexity index is 810. The van der Waals surface area contributed by atoms with Crippen LogP contribution in [0.15, 0.2) is 36.7 Å².